The number of ketones is 1. The van der Waals surface area contributed by atoms with Gasteiger partial charge in [0.1, 0.15) is 12.4 Å². The zero-order valence-corrected chi connectivity index (χ0v) is 9.99. The van der Waals surface area contributed by atoms with Gasteiger partial charge in [-0.05, 0) is 38.1 Å². The molecule has 0 heterocycles. The first-order valence-electron chi connectivity index (χ1n) is 5.41. The van der Waals surface area contributed by atoms with E-state index < -0.39 is 5.60 Å². The minimum Gasteiger partial charge on any atom is -0.491 e. The summed E-state index contributed by atoms with van der Waals surface area (Å²) in [5.41, 5.74) is -0.157. The lowest BCUT2D eigenvalue weighted by molar-refractivity contribution is 0.0285. The summed E-state index contributed by atoms with van der Waals surface area (Å²) in [5.74, 6) is 0.781. The van der Waals surface area contributed by atoms with Gasteiger partial charge in [-0.2, -0.15) is 0 Å². The summed E-state index contributed by atoms with van der Waals surface area (Å²) in [6.07, 6.45) is 0.504. The minimum absolute atomic E-state index is 0.119. The van der Waals surface area contributed by atoms with Crippen LogP contribution < -0.4 is 4.74 Å². The van der Waals surface area contributed by atoms with Crippen LogP contribution in [0.5, 0.6) is 5.75 Å². The van der Waals surface area contributed by atoms with Crippen molar-refractivity contribution in [2.24, 2.45) is 0 Å². The van der Waals surface area contributed by atoms with Gasteiger partial charge in [0.25, 0.3) is 0 Å². The van der Waals surface area contributed by atoms with E-state index in [0.29, 0.717) is 17.7 Å². The number of carbonyl (C=O) groups excluding carboxylic acids is 1. The Balaban J connectivity index is 2.62. The summed E-state index contributed by atoms with van der Waals surface area (Å²) in [5, 5.41) is 9.48. The van der Waals surface area contributed by atoms with Gasteiger partial charge < -0.3 is 9.84 Å². The van der Waals surface area contributed by atoms with Crippen LogP contribution in [0.15, 0.2) is 24.3 Å². The smallest absolute Gasteiger partial charge is 0.162 e. The van der Waals surface area contributed by atoms with Crippen LogP contribution in [-0.4, -0.2) is 23.1 Å². The van der Waals surface area contributed by atoms with Gasteiger partial charge in [-0.1, -0.05) is 6.92 Å². The van der Waals surface area contributed by atoms with Gasteiger partial charge >= 0.3 is 0 Å². The number of Topliss-reactive ketones (excluding diaryl/α,β-unsaturated/α-hetero) is 1. The average molecular weight is 222 g/mol. The number of carbonyl (C=O) groups is 1. The molecule has 1 aromatic carbocycles. The summed E-state index contributed by atoms with van der Waals surface area (Å²) in [6, 6.07) is 6.97. The van der Waals surface area contributed by atoms with Crippen LogP contribution in [0.1, 0.15) is 37.6 Å². The van der Waals surface area contributed by atoms with E-state index in [4.69, 9.17) is 4.74 Å². The molecular formula is C13H18O3. The second kappa shape index (κ2) is 5.12. The molecule has 0 aliphatic rings. The fourth-order valence-electron chi connectivity index (χ4n) is 1.20. The lowest BCUT2D eigenvalue weighted by Crippen LogP contribution is -2.27. The Labute approximate surface area is 96.1 Å². The molecule has 0 aliphatic carbocycles. The van der Waals surface area contributed by atoms with Gasteiger partial charge in [0, 0.05) is 12.0 Å². The SMILES string of the molecule is CCC(=O)c1ccc(OCC(C)(C)O)cc1. The first kappa shape index (κ1) is 12.7. The average Bonchev–Trinajstić information content (AvgIpc) is 2.25. The van der Waals surface area contributed by atoms with Gasteiger partial charge in [-0.15, -0.1) is 0 Å². The molecule has 1 N–H and O–H groups in total. The number of ether oxygens (including phenoxy) is 1. The summed E-state index contributed by atoms with van der Waals surface area (Å²) >= 11 is 0. The van der Waals surface area contributed by atoms with Crippen molar-refractivity contribution in [3.8, 4) is 5.75 Å². The summed E-state index contributed by atoms with van der Waals surface area (Å²) in [4.78, 5) is 11.4. The highest BCUT2D eigenvalue weighted by atomic mass is 16.5. The first-order chi connectivity index (χ1) is 7.42. The van der Waals surface area contributed by atoms with Gasteiger partial charge in [-0.3, -0.25) is 4.79 Å². The molecule has 0 aliphatic heterocycles. The predicted octanol–water partition coefficient (Wildman–Crippen LogP) is 2.43. The maximum absolute atomic E-state index is 11.4. The number of rotatable bonds is 5. The fraction of sp³-hybridized carbons (Fsp3) is 0.462. The van der Waals surface area contributed by atoms with Crippen LogP contribution in [0, 0.1) is 0 Å². The molecule has 3 heteroatoms. The molecule has 1 rings (SSSR count). The largest absolute Gasteiger partial charge is 0.491 e. The van der Waals surface area contributed by atoms with Crippen LogP contribution in [-0.2, 0) is 0 Å². The van der Waals surface area contributed by atoms with Crippen molar-refractivity contribution in [2.45, 2.75) is 32.8 Å². The van der Waals surface area contributed by atoms with Gasteiger partial charge in [-0.25, -0.2) is 0 Å². The van der Waals surface area contributed by atoms with E-state index in [0.717, 1.165) is 0 Å². The lowest BCUT2D eigenvalue weighted by Gasteiger charge is -2.17. The van der Waals surface area contributed by atoms with Gasteiger partial charge in [0.15, 0.2) is 5.78 Å². The number of hydrogen-bond donors (Lipinski definition) is 1. The molecule has 0 unspecified atom stereocenters. The number of aliphatic hydroxyl groups is 1. The molecule has 0 spiro atoms. The van der Waals surface area contributed by atoms with Crippen LogP contribution in [0.4, 0.5) is 0 Å². The van der Waals surface area contributed by atoms with E-state index in [-0.39, 0.29) is 12.4 Å². The Morgan fingerprint density at radius 3 is 2.31 bits per heavy atom. The normalized spacial score (nSPS) is 11.2. The van der Waals surface area contributed by atoms with Crippen molar-refractivity contribution in [3.63, 3.8) is 0 Å². The second-order valence-corrected chi connectivity index (χ2v) is 4.40. The Morgan fingerprint density at radius 1 is 1.31 bits per heavy atom. The Bertz CT molecular complexity index is 346. The van der Waals surface area contributed by atoms with Crippen LogP contribution in [0.3, 0.4) is 0 Å². The topological polar surface area (TPSA) is 46.5 Å². The van der Waals surface area contributed by atoms with Gasteiger partial charge in [0.05, 0.1) is 5.60 Å². The summed E-state index contributed by atoms with van der Waals surface area (Å²) in [6.45, 7) is 5.43. The molecule has 0 amide bonds. The monoisotopic (exact) mass is 222 g/mol. The van der Waals surface area contributed by atoms with Crippen molar-refractivity contribution >= 4 is 5.78 Å². The standard InChI is InChI=1S/C13H18O3/c1-4-12(14)10-5-7-11(8-6-10)16-9-13(2,3)15/h5-8,15H,4,9H2,1-3H3. The van der Waals surface area contributed by atoms with E-state index in [1.807, 2.05) is 6.92 Å². The third kappa shape index (κ3) is 4.03. The second-order valence-electron chi connectivity index (χ2n) is 4.40. The zero-order valence-electron chi connectivity index (χ0n) is 9.99. The maximum atomic E-state index is 11.4. The molecular weight excluding hydrogens is 204 g/mol. The third-order valence-corrected chi connectivity index (χ3v) is 2.09. The van der Waals surface area contributed by atoms with Crippen molar-refractivity contribution < 1.29 is 14.6 Å². The number of benzene rings is 1. The first-order valence-corrected chi connectivity index (χ1v) is 5.41. The fourth-order valence-corrected chi connectivity index (χ4v) is 1.20. The molecule has 3 nitrogen and oxygen atoms in total. The molecule has 0 saturated carbocycles. The molecule has 0 radical (unpaired) electrons. The molecule has 0 fully saturated rings. The van der Waals surface area contributed by atoms with Crippen molar-refractivity contribution in [1.82, 2.24) is 0 Å². The zero-order chi connectivity index (χ0) is 12.2. The number of hydrogen-bond acceptors (Lipinski definition) is 3. The highest BCUT2D eigenvalue weighted by Crippen LogP contribution is 2.15. The molecule has 16 heavy (non-hydrogen) atoms. The Morgan fingerprint density at radius 2 is 1.88 bits per heavy atom. The lowest BCUT2D eigenvalue weighted by atomic mass is 10.1. The van der Waals surface area contributed by atoms with Crippen molar-refractivity contribution in [1.29, 1.82) is 0 Å². The van der Waals surface area contributed by atoms with Crippen molar-refractivity contribution in [2.75, 3.05) is 6.61 Å². The molecule has 88 valence electrons. The van der Waals surface area contributed by atoms with Crippen LogP contribution >= 0.6 is 0 Å². The summed E-state index contributed by atoms with van der Waals surface area (Å²) in [7, 11) is 0. The third-order valence-electron chi connectivity index (χ3n) is 2.09. The van der Waals surface area contributed by atoms with E-state index in [1.54, 1.807) is 38.1 Å². The molecule has 0 atom stereocenters. The molecule has 0 bridgehead atoms. The molecule has 1 aromatic rings. The predicted molar refractivity (Wildman–Crippen MR) is 62.9 cm³/mol. The minimum atomic E-state index is -0.849. The molecule has 0 saturated heterocycles. The van der Waals surface area contributed by atoms with E-state index in [1.165, 1.54) is 0 Å². The molecule has 0 aromatic heterocycles. The van der Waals surface area contributed by atoms with Gasteiger partial charge in [0.2, 0.25) is 0 Å². The maximum Gasteiger partial charge on any atom is 0.162 e. The van der Waals surface area contributed by atoms with E-state index in [9.17, 15) is 9.90 Å². The Hall–Kier alpha value is -1.35. The quantitative estimate of drug-likeness (QED) is 0.778. The summed E-state index contributed by atoms with van der Waals surface area (Å²) < 4.78 is 5.38. The van der Waals surface area contributed by atoms with Crippen LogP contribution in [0.25, 0.3) is 0 Å². The highest BCUT2D eigenvalue weighted by molar-refractivity contribution is 5.95. The van der Waals surface area contributed by atoms with Crippen molar-refractivity contribution in [3.05, 3.63) is 29.8 Å². The Kier molecular flexibility index (Phi) is 4.07. The highest BCUT2D eigenvalue weighted by Gasteiger charge is 2.13. The van der Waals surface area contributed by atoms with E-state index >= 15 is 0 Å². The van der Waals surface area contributed by atoms with Crippen LogP contribution in [0.2, 0.25) is 0 Å². The van der Waals surface area contributed by atoms with E-state index in [2.05, 4.69) is 0 Å².